The summed E-state index contributed by atoms with van der Waals surface area (Å²) in [6.07, 6.45) is 0. The largest absolute Gasteiger partial charge is 0.493 e. The maximum absolute atomic E-state index is 13.1. The quantitative estimate of drug-likeness (QED) is 0.269. The Hall–Kier alpha value is -4.05. The fourth-order valence-corrected chi connectivity index (χ4v) is 5.11. The summed E-state index contributed by atoms with van der Waals surface area (Å²) in [7, 11) is 0.441. The van der Waals surface area contributed by atoms with E-state index in [0.29, 0.717) is 22.8 Å². The zero-order valence-corrected chi connectivity index (χ0v) is 23.9. The van der Waals surface area contributed by atoms with Gasteiger partial charge in [-0.25, -0.2) is 13.2 Å². The van der Waals surface area contributed by atoms with Gasteiger partial charge in [-0.15, -0.1) is 0 Å². The smallest absolute Gasteiger partial charge is 0.338 e. The van der Waals surface area contributed by atoms with Crippen LogP contribution in [0.15, 0.2) is 59.5 Å². The van der Waals surface area contributed by atoms with E-state index in [-0.39, 0.29) is 27.1 Å². The van der Waals surface area contributed by atoms with Gasteiger partial charge in [0.2, 0.25) is 11.5 Å². The molecule has 0 atom stereocenters. The molecule has 1 N–H and O–H groups in total. The third-order valence-corrected chi connectivity index (χ3v) is 7.56. The van der Waals surface area contributed by atoms with Crippen molar-refractivity contribution in [3.05, 3.63) is 76.9 Å². The van der Waals surface area contributed by atoms with Crippen molar-refractivity contribution in [3.63, 3.8) is 0 Å². The number of ketones is 1. The highest BCUT2D eigenvalue weighted by atomic mass is 32.2. The van der Waals surface area contributed by atoms with Gasteiger partial charge >= 0.3 is 5.97 Å². The zero-order valence-electron chi connectivity index (χ0n) is 23.1. The first-order valence-corrected chi connectivity index (χ1v) is 13.5. The van der Waals surface area contributed by atoms with E-state index in [0.717, 1.165) is 5.56 Å². The molecule has 3 aromatic rings. The van der Waals surface area contributed by atoms with Crippen LogP contribution in [-0.4, -0.2) is 48.1 Å². The number of aryl methyl sites for hydroxylation is 1. The topological polar surface area (TPSA) is 117 Å². The van der Waals surface area contributed by atoms with Crippen molar-refractivity contribution in [1.29, 1.82) is 0 Å². The highest BCUT2D eigenvalue weighted by molar-refractivity contribution is 7.92. The van der Waals surface area contributed by atoms with E-state index in [4.69, 9.17) is 18.9 Å². The first-order chi connectivity index (χ1) is 18.3. The second kappa shape index (κ2) is 11.8. The lowest BCUT2D eigenvalue weighted by Gasteiger charge is -2.21. The highest BCUT2D eigenvalue weighted by Gasteiger charge is 2.22. The second-order valence-corrected chi connectivity index (χ2v) is 11.5. The number of anilines is 1. The molecule has 0 aromatic heterocycles. The van der Waals surface area contributed by atoms with E-state index in [1.165, 1.54) is 57.7 Å². The molecule has 0 unspecified atom stereocenters. The molecule has 0 heterocycles. The number of carbonyl (C=O) groups is 2. The number of hydrogen-bond acceptors (Lipinski definition) is 8. The molecule has 9 nitrogen and oxygen atoms in total. The van der Waals surface area contributed by atoms with Crippen molar-refractivity contribution in [1.82, 2.24) is 0 Å². The summed E-state index contributed by atoms with van der Waals surface area (Å²) in [6, 6.07) is 14.1. The lowest BCUT2D eigenvalue weighted by Crippen LogP contribution is -2.17. The Balaban J connectivity index is 1.70. The van der Waals surface area contributed by atoms with Crippen LogP contribution in [0.2, 0.25) is 0 Å². The summed E-state index contributed by atoms with van der Waals surface area (Å²) < 4.78 is 49.7. The molecule has 0 radical (unpaired) electrons. The first kappa shape index (κ1) is 29.5. The van der Waals surface area contributed by atoms with Crippen LogP contribution in [-0.2, 0) is 20.2 Å². The molecule has 10 heteroatoms. The molecule has 0 aliphatic heterocycles. The van der Waals surface area contributed by atoms with Gasteiger partial charge in [0.1, 0.15) is 0 Å². The van der Waals surface area contributed by atoms with Crippen molar-refractivity contribution >= 4 is 27.5 Å². The zero-order chi connectivity index (χ0) is 29.0. The fourth-order valence-electron chi connectivity index (χ4n) is 3.78. The molecule has 0 saturated carbocycles. The number of rotatable bonds is 10. The van der Waals surface area contributed by atoms with Crippen molar-refractivity contribution < 1.29 is 37.0 Å². The third-order valence-electron chi connectivity index (χ3n) is 6.04. The summed E-state index contributed by atoms with van der Waals surface area (Å²) in [6.45, 7) is 7.25. The Morgan fingerprint density at radius 2 is 1.41 bits per heavy atom. The lowest BCUT2D eigenvalue weighted by atomic mass is 9.87. The molecule has 3 aromatic carbocycles. The van der Waals surface area contributed by atoms with E-state index in [1.807, 2.05) is 26.8 Å². The maximum Gasteiger partial charge on any atom is 0.338 e. The molecule has 0 spiro atoms. The lowest BCUT2D eigenvalue weighted by molar-refractivity contribution is 0.0474. The summed E-state index contributed by atoms with van der Waals surface area (Å²) in [5, 5.41) is 0. The van der Waals surface area contributed by atoms with Crippen LogP contribution in [0.3, 0.4) is 0 Å². The number of hydrogen-bond donors (Lipinski definition) is 1. The van der Waals surface area contributed by atoms with Gasteiger partial charge < -0.3 is 18.9 Å². The standard InChI is InChI=1S/C29H33NO8S/c1-18-8-11-21(29(2,3)4)16-26(18)39(33,34)30-22-12-9-19(10-13-22)28(32)38-17-23(31)20-14-24(35-5)27(37-7)25(15-20)36-6/h8-16,30H,17H2,1-7H3. The summed E-state index contributed by atoms with van der Waals surface area (Å²) in [4.78, 5) is 25.4. The normalized spacial score (nSPS) is 11.5. The summed E-state index contributed by atoms with van der Waals surface area (Å²) in [5.74, 6) is -0.283. The first-order valence-electron chi connectivity index (χ1n) is 12.0. The molecular weight excluding hydrogens is 522 g/mol. The fraction of sp³-hybridized carbons (Fsp3) is 0.310. The number of carbonyl (C=O) groups excluding carboxylic acids is 2. The molecule has 0 saturated heterocycles. The predicted molar refractivity (Wildman–Crippen MR) is 148 cm³/mol. The van der Waals surface area contributed by atoms with Gasteiger partial charge in [-0.2, -0.15) is 0 Å². The molecule has 0 aliphatic carbocycles. The Morgan fingerprint density at radius 1 is 0.821 bits per heavy atom. The van der Waals surface area contributed by atoms with Crippen LogP contribution in [0.4, 0.5) is 5.69 Å². The van der Waals surface area contributed by atoms with Gasteiger partial charge in [0.15, 0.2) is 18.1 Å². The average molecular weight is 556 g/mol. The van der Waals surface area contributed by atoms with Crippen molar-refractivity contribution in [2.45, 2.75) is 38.0 Å². The second-order valence-electron chi connectivity index (χ2n) is 9.83. The Labute approximate surface area is 229 Å². The number of esters is 1. The number of sulfonamides is 1. The minimum atomic E-state index is -3.87. The van der Waals surface area contributed by atoms with Crippen LogP contribution in [0.5, 0.6) is 17.2 Å². The van der Waals surface area contributed by atoms with Gasteiger partial charge in [-0.3, -0.25) is 9.52 Å². The molecule has 0 bridgehead atoms. The van der Waals surface area contributed by atoms with Crippen molar-refractivity contribution in [3.8, 4) is 17.2 Å². The predicted octanol–water partition coefficient (Wildman–Crippen LogP) is 5.16. The van der Waals surface area contributed by atoms with Gasteiger partial charge in [-0.05, 0) is 65.9 Å². The van der Waals surface area contributed by atoms with Gasteiger partial charge in [0, 0.05) is 11.3 Å². The Morgan fingerprint density at radius 3 is 1.92 bits per heavy atom. The van der Waals surface area contributed by atoms with Crippen LogP contribution in [0, 0.1) is 6.92 Å². The van der Waals surface area contributed by atoms with E-state index < -0.39 is 28.4 Å². The van der Waals surface area contributed by atoms with Crippen LogP contribution < -0.4 is 18.9 Å². The third kappa shape index (κ3) is 6.88. The maximum atomic E-state index is 13.1. The molecule has 0 aliphatic rings. The van der Waals surface area contributed by atoms with E-state index in [2.05, 4.69) is 4.72 Å². The monoisotopic (exact) mass is 555 g/mol. The van der Waals surface area contributed by atoms with E-state index in [9.17, 15) is 18.0 Å². The number of nitrogens with one attached hydrogen (secondary N) is 1. The van der Waals surface area contributed by atoms with Crippen molar-refractivity contribution in [2.24, 2.45) is 0 Å². The van der Waals surface area contributed by atoms with E-state index >= 15 is 0 Å². The molecule has 39 heavy (non-hydrogen) atoms. The number of methoxy groups -OCH3 is 3. The Kier molecular flexibility index (Phi) is 8.91. The minimum absolute atomic E-state index is 0.154. The van der Waals surface area contributed by atoms with Crippen LogP contribution >= 0.6 is 0 Å². The number of benzene rings is 3. The number of ether oxygens (including phenoxy) is 4. The molecule has 208 valence electrons. The van der Waals surface area contributed by atoms with Gasteiger partial charge in [0.05, 0.1) is 31.8 Å². The molecule has 0 amide bonds. The molecular formula is C29H33NO8S. The summed E-state index contributed by atoms with van der Waals surface area (Å²) in [5.41, 5.74) is 1.95. The van der Waals surface area contributed by atoms with Crippen LogP contribution in [0.25, 0.3) is 0 Å². The summed E-state index contributed by atoms with van der Waals surface area (Å²) >= 11 is 0. The number of Topliss-reactive ketones (excluding diaryl/α,β-unsaturated/α-hetero) is 1. The minimum Gasteiger partial charge on any atom is -0.493 e. The molecule has 0 fully saturated rings. The molecule has 3 rings (SSSR count). The van der Waals surface area contributed by atoms with E-state index in [1.54, 1.807) is 19.1 Å². The SMILES string of the molecule is COc1cc(C(=O)COC(=O)c2ccc(NS(=O)(=O)c3cc(C(C)(C)C)ccc3C)cc2)cc(OC)c1OC. The van der Waals surface area contributed by atoms with Crippen LogP contribution in [0.1, 0.15) is 52.6 Å². The highest BCUT2D eigenvalue weighted by Crippen LogP contribution is 2.38. The van der Waals surface area contributed by atoms with Crippen molar-refractivity contribution in [2.75, 3.05) is 32.7 Å². The van der Waals surface area contributed by atoms with Gasteiger partial charge in [0.25, 0.3) is 10.0 Å². The van der Waals surface area contributed by atoms with Gasteiger partial charge in [-0.1, -0.05) is 32.9 Å². The Bertz CT molecular complexity index is 1450. The average Bonchev–Trinajstić information content (AvgIpc) is 2.90.